The van der Waals surface area contributed by atoms with Gasteiger partial charge in [0, 0.05) is 11.1 Å². The van der Waals surface area contributed by atoms with Gasteiger partial charge in [0.15, 0.2) is 0 Å². The molecular formula is C34H32N2O2. The zero-order chi connectivity index (χ0) is 26.5. The quantitative estimate of drug-likeness (QED) is 0.227. The smallest absolute Gasteiger partial charge is 0.115 e. The molecule has 0 amide bonds. The van der Waals surface area contributed by atoms with Gasteiger partial charge in [-0.05, 0) is 84.3 Å². The number of nitrogens with zero attached hydrogens (tertiary/aromatic N) is 2. The van der Waals surface area contributed by atoms with E-state index in [2.05, 4.69) is 62.4 Å². The zero-order valence-corrected chi connectivity index (χ0v) is 21.8. The van der Waals surface area contributed by atoms with Crippen LogP contribution in [0.2, 0.25) is 0 Å². The Labute approximate surface area is 224 Å². The summed E-state index contributed by atoms with van der Waals surface area (Å²) in [5.74, 6) is 0.922. The van der Waals surface area contributed by atoms with E-state index in [1.807, 2.05) is 36.4 Å². The Balaban J connectivity index is 1.65. The molecule has 0 spiro atoms. The Morgan fingerprint density at radius 1 is 0.500 bits per heavy atom. The molecule has 0 saturated carbocycles. The van der Waals surface area contributed by atoms with Gasteiger partial charge in [-0.3, -0.25) is 0 Å². The van der Waals surface area contributed by atoms with Gasteiger partial charge < -0.3 is 10.2 Å². The number of aromatic nitrogens is 2. The fourth-order valence-corrected chi connectivity index (χ4v) is 4.87. The molecule has 0 saturated heterocycles. The maximum Gasteiger partial charge on any atom is 0.115 e. The number of hydrogen-bond donors (Lipinski definition) is 2. The number of phenolic OH excluding ortho intramolecular Hbond substituents is 2. The number of benzene rings is 4. The van der Waals surface area contributed by atoms with Gasteiger partial charge in [-0.25, -0.2) is 9.97 Å². The molecule has 0 fully saturated rings. The van der Waals surface area contributed by atoms with Crippen molar-refractivity contribution in [2.24, 2.45) is 0 Å². The molecule has 190 valence electrons. The normalized spacial score (nSPS) is 12.7. The van der Waals surface area contributed by atoms with E-state index in [0.717, 1.165) is 33.9 Å². The first-order valence-corrected chi connectivity index (χ1v) is 13.1. The van der Waals surface area contributed by atoms with Crippen molar-refractivity contribution in [2.45, 2.75) is 38.5 Å². The molecule has 0 radical (unpaired) electrons. The second-order valence-electron chi connectivity index (χ2n) is 9.94. The van der Waals surface area contributed by atoms with Crippen molar-refractivity contribution in [2.75, 3.05) is 0 Å². The van der Waals surface area contributed by atoms with Crippen molar-refractivity contribution in [3.8, 4) is 34.0 Å². The average molecular weight is 501 g/mol. The Kier molecular flexibility index (Phi) is 7.50. The van der Waals surface area contributed by atoms with Crippen LogP contribution < -0.4 is 0 Å². The van der Waals surface area contributed by atoms with Crippen molar-refractivity contribution in [3.63, 3.8) is 0 Å². The highest BCUT2D eigenvalue weighted by Gasteiger charge is 2.21. The van der Waals surface area contributed by atoms with E-state index < -0.39 is 0 Å². The predicted molar refractivity (Wildman–Crippen MR) is 153 cm³/mol. The van der Waals surface area contributed by atoms with Gasteiger partial charge in [-0.15, -0.1) is 0 Å². The number of hydrogen-bond acceptors (Lipinski definition) is 4. The molecule has 4 nitrogen and oxygen atoms in total. The summed E-state index contributed by atoms with van der Waals surface area (Å²) in [5.41, 5.74) is 7.85. The summed E-state index contributed by atoms with van der Waals surface area (Å²) in [6.45, 7) is 4.42. The van der Waals surface area contributed by atoms with Crippen molar-refractivity contribution >= 4 is 0 Å². The highest BCUT2D eigenvalue weighted by molar-refractivity contribution is 5.69. The van der Waals surface area contributed by atoms with Crippen LogP contribution in [0, 0.1) is 0 Å². The lowest BCUT2D eigenvalue weighted by molar-refractivity contribution is 0.475. The molecular weight excluding hydrogens is 468 g/mol. The predicted octanol–water partition coefficient (Wildman–Crippen LogP) is 7.91. The molecule has 1 aromatic heterocycles. The first-order valence-electron chi connectivity index (χ1n) is 13.1. The molecule has 1 heterocycles. The molecule has 38 heavy (non-hydrogen) atoms. The molecule has 0 aliphatic rings. The topological polar surface area (TPSA) is 66.2 Å². The molecule has 2 atom stereocenters. The summed E-state index contributed by atoms with van der Waals surface area (Å²) in [7, 11) is 0. The van der Waals surface area contributed by atoms with Gasteiger partial charge in [-0.2, -0.15) is 0 Å². The number of rotatable bonds is 8. The third-order valence-electron chi connectivity index (χ3n) is 7.06. The van der Waals surface area contributed by atoms with Gasteiger partial charge in [0.05, 0.1) is 22.8 Å². The summed E-state index contributed by atoms with van der Waals surface area (Å²) < 4.78 is 0. The fraction of sp³-hybridized carbons (Fsp3) is 0.176. The van der Waals surface area contributed by atoms with E-state index in [0.29, 0.717) is 12.8 Å². The molecule has 5 aromatic rings. The Bertz CT molecular complexity index is 1370. The molecule has 5 rings (SSSR count). The molecule has 0 aliphatic carbocycles. The van der Waals surface area contributed by atoms with E-state index in [1.54, 1.807) is 24.3 Å². The highest BCUT2D eigenvalue weighted by atomic mass is 16.3. The van der Waals surface area contributed by atoms with Crippen molar-refractivity contribution in [3.05, 3.63) is 132 Å². The third kappa shape index (κ3) is 5.76. The summed E-state index contributed by atoms with van der Waals surface area (Å²) >= 11 is 0. The van der Waals surface area contributed by atoms with Gasteiger partial charge in [0.2, 0.25) is 0 Å². The van der Waals surface area contributed by atoms with Crippen LogP contribution in [0.1, 0.15) is 48.2 Å². The number of phenols is 2. The number of aromatic hydroxyl groups is 2. The van der Waals surface area contributed by atoms with E-state index in [4.69, 9.17) is 9.97 Å². The summed E-state index contributed by atoms with van der Waals surface area (Å²) in [6.07, 6.45) is 1.43. The fourth-order valence-electron chi connectivity index (χ4n) is 4.87. The van der Waals surface area contributed by atoms with Gasteiger partial charge in [0.25, 0.3) is 0 Å². The standard InChI is InChI=1S/C34H32N2O2/c1-23(25-9-5-3-6-10-25)21-31-33(27-13-17-29(37)18-14-27)36-32(22-24(2)26-11-7-4-8-12-26)34(35-31)28-15-19-30(38)20-16-28/h3-20,23-24,37-38H,21-22H2,1-2H3. The zero-order valence-electron chi connectivity index (χ0n) is 21.8. The average Bonchev–Trinajstić information content (AvgIpc) is 2.95. The lowest BCUT2D eigenvalue weighted by Gasteiger charge is -2.20. The minimum Gasteiger partial charge on any atom is -0.508 e. The van der Waals surface area contributed by atoms with E-state index in [1.165, 1.54) is 11.1 Å². The van der Waals surface area contributed by atoms with Crippen LogP contribution >= 0.6 is 0 Å². The Morgan fingerprint density at radius 2 is 0.842 bits per heavy atom. The third-order valence-corrected chi connectivity index (χ3v) is 7.06. The first kappa shape index (κ1) is 25.2. The summed E-state index contributed by atoms with van der Waals surface area (Å²) in [5, 5.41) is 19.9. The Morgan fingerprint density at radius 3 is 1.18 bits per heavy atom. The van der Waals surface area contributed by atoms with Crippen LogP contribution in [-0.2, 0) is 12.8 Å². The van der Waals surface area contributed by atoms with E-state index >= 15 is 0 Å². The van der Waals surface area contributed by atoms with Crippen LogP contribution in [0.4, 0.5) is 0 Å². The van der Waals surface area contributed by atoms with Crippen LogP contribution in [0.25, 0.3) is 22.5 Å². The molecule has 2 N–H and O–H groups in total. The largest absolute Gasteiger partial charge is 0.508 e. The van der Waals surface area contributed by atoms with Crippen LogP contribution in [0.3, 0.4) is 0 Å². The highest BCUT2D eigenvalue weighted by Crippen LogP contribution is 2.34. The minimum absolute atomic E-state index is 0.222. The summed E-state index contributed by atoms with van der Waals surface area (Å²) in [6, 6.07) is 35.3. The lowest BCUT2D eigenvalue weighted by Crippen LogP contribution is -2.10. The van der Waals surface area contributed by atoms with Gasteiger partial charge >= 0.3 is 0 Å². The van der Waals surface area contributed by atoms with Crippen LogP contribution in [0.5, 0.6) is 11.5 Å². The molecule has 0 bridgehead atoms. The van der Waals surface area contributed by atoms with Crippen LogP contribution in [-0.4, -0.2) is 20.2 Å². The van der Waals surface area contributed by atoms with Gasteiger partial charge in [0.1, 0.15) is 11.5 Å². The summed E-state index contributed by atoms with van der Waals surface area (Å²) in [4.78, 5) is 10.6. The minimum atomic E-state index is 0.222. The molecule has 2 unspecified atom stereocenters. The Hall–Kier alpha value is -4.44. The van der Waals surface area contributed by atoms with E-state index in [9.17, 15) is 10.2 Å². The van der Waals surface area contributed by atoms with Crippen LogP contribution in [0.15, 0.2) is 109 Å². The maximum atomic E-state index is 9.93. The van der Waals surface area contributed by atoms with Crippen molar-refractivity contribution in [1.82, 2.24) is 9.97 Å². The first-order chi connectivity index (χ1) is 18.5. The lowest BCUT2D eigenvalue weighted by atomic mass is 9.92. The van der Waals surface area contributed by atoms with Gasteiger partial charge in [-0.1, -0.05) is 74.5 Å². The van der Waals surface area contributed by atoms with Crippen molar-refractivity contribution in [1.29, 1.82) is 0 Å². The second-order valence-corrected chi connectivity index (χ2v) is 9.94. The SMILES string of the molecule is CC(Cc1nc(-c2ccc(O)cc2)c(CC(C)c2ccccc2)nc1-c1ccc(O)cc1)c1ccccc1. The molecule has 4 heteroatoms. The molecule has 0 aliphatic heterocycles. The van der Waals surface area contributed by atoms with Crippen molar-refractivity contribution < 1.29 is 10.2 Å². The second kappa shape index (κ2) is 11.3. The monoisotopic (exact) mass is 500 g/mol. The van der Waals surface area contributed by atoms with E-state index in [-0.39, 0.29) is 23.3 Å². The molecule has 4 aromatic carbocycles. The maximum absolute atomic E-state index is 9.93.